The van der Waals surface area contributed by atoms with Crippen molar-refractivity contribution in [3.63, 3.8) is 0 Å². The average Bonchev–Trinajstić information content (AvgIpc) is 3.10. The SMILES string of the molecule is NCC1CCN(C(=O)COc2ccccc2-c2ccccc2)C1. The summed E-state index contributed by atoms with van der Waals surface area (Å²) in [4.78, 5) is 14.1. The molecule has 0 saturated carbocycles. The van der Waals surface area contributed by atoms with Gasteiger partial charge in [0, 0.05) is 18.7 Å². The fourth-order valence-corrected chi connectivity index (χ4v) is 2.93. The van der Waals surface area contributed by atoms with Gasteiger partial charge in [-0.05, 0) is 30.5 Å². The molecule has 0 aliphatic carbocycles. The van der Waals surface area contributed by atoms with E-state index in [0.717, 1.165) is 36.4 Å². The van der Waals surface area contributed by atoms with Gasteiger partial charge in [-0.25, -0.2) is 0 Å². The molecule has 1 saturated heterocycles. The van der Waals surface area contributed by atoms with Crippen molar-refractivity contribution in [1.29, 1.82) is 0 Å². The number of nitrogens with two attached hydrogens (primary N) is 1. The second kappa shape index (κ2) is 7.29. The number of hydrogen-bond donors (Lipinski definition) is 1. The third-order valence-corrected chi connectivity index (χ3v) is 4.29. The van der Waals surface area contributed by atoms with Gasteiger partial charge in [0.15, 0.2) is 6.61 Å². The normalized spacial score (nSPS) is 17.3. The Morgan fingerprint density at radius 1 is 1.13 bits per heavy atom. The van der Waals surface area contributed by atoms with Crippen LogP contribution in [0.1, 0.15) is 6.42 Å². The van der Waals surface area contributed by atoms with Crippen LogP contribution in [0, 0.1) is 5.92 Å². The first kappa shape index (κ1) is 15.6. The zero-order valence-electron chi connectivity index (χ0n) is 13.2. The highest BCUT2D eigenvalue weighted by Gasteiger charge is 2.25. The minimum Gasteiger partial charge on any atom is -0.483 e. The summed E-state index contributed by atoms with van der Waals surface area (Å²) in [6, 6.07) is 17.9. The van der Waals surface area contributed by atoms with Crippen LogP contribution in [0.3, 0.4) is 0 Å². The number of rotatable bonds is 5. The second-order valence-corrected chi connectivity index (χ2v) is 5.88. The van der Waals surface area contributed by atoms with E-state index < -0.39 is 0 Å². The molecule has 4 nitrogen and oxygen atoms in total. The summed E-state index contributed by atoms with van der Waals surface area (Å²) in [5, 5.41) is 0. The zero-order valence-corrected chi connectivity index (χ0v) is 13.2. The van der Waals surface area contributed by atoms with Crippen LogP contribution < -0.4 is 10.5 Å². The van der Waals surface area contributed by atoms with Crippen molar-refractivity contribution in [2.24, 2.45) is 11.7 Å². The van der Waals surface area contributed by atoms with Crippen molar-refractivity contribution in [2.45, 2.75) is 6.42 Å². The minimum absolute atomic E-state index is 0.0313. The molecule has 1 unspecified atom stereocenters. The molecule has 120 valence electrons. The molecule has 0 aromatic heterocycles. The number of likely N-dealkylation sites (tertiary alicyclic amines) is 1. The predicted octanol–water partition coefficient (Wildman–Crippen LogP) is 2.54. The van der Waals surface area contributed by atoms with Crippen LogP contribution in [0.2, 0.25) is 0 Å². The van der Waals surface area contributed by atoms with Crippen LogP contribution in [0.15, 0.2) is 54.6 Å². The van der Waals surface area contributed by atoms with Gasteiger partial charge in [-0.3, -0.25) is 4.79 Å². The van der Waals surface area contributed by atoms with Crippen LogP contribution in [-0.4, -0.2) is 37.0 Å². The topological polar surface area (TPSA) is 55.6 Å². The molecular weight excluding hydrogens is 288 g/mol. The lowest BCUT2D eigenvalue weighted by molar-refractivity contribution is -0.132. The van der Waals surface area contributed by atoms with E-state index in [0.29, 0.717) is 12.5 Å². The van der Waals surface area contributed by atoms with Crippen LogP contribution in [-0.2, 0) is 4.79 Å². The van der Waals surface area contributed by atoms with Gasteiger partial charge in [-0.15, -0.1) is 0 Å². The van der Waals surface area contributed by atoms with E-state index in [9.17, 15) is 4.79 Å². The highest BCUT2D eigenvalue weighted by molar-refractivity contribution is 5.78. The molecule has 2 N–H and O–H groups in total. The molecule has 1 heterocycles. The van der Waals surface area contributed by atoms with Crippen molar-refractivity contribution >= 4 is 5.91 Å². The van der Waals surface area contributed by atoms with E-state index >= 15 is 0 Å². The maximum Gasteiger partial charge on any atom is 0.260 e. The molecule has 1 fully saturated rings. The number of benzene rings is 2. The molecule has 1 aliphatic rings. The second-order valence-electron chi connectivity index (χ2n) is 5.88. The van der Waals surface area contributed by atoms with Gasteiger partial charge in [-0.2, -0.15) is 0 Å². The first-order valence-corrected chi connectivity index (χ1v) is 8.03. The number of ether oxygens (including phenoxy) is 1. The number of hydrogen-bond acceptors (Lipinski definition) is 3. The molecule has 3 rings (SSSR count). The minimum atomic E-state index is 0.0313. The summed E-state index contributed by atoms with van der Waals surface area (Å²) in [5.41, 5.74) is 7.76. The van der Waals surface area contributed by atoms with Crippen LogP contribution >= 0.6 is 0 Å². The lowest BCUT2D eigenvalue weighted by atomic mass is 10.1. The lowest BCUT2D eigenvalue weighted by Crippen LogP contribution is -2.33. The Morgan fingerprint density at radius 2 is 1.87 bits per heavy atom. The molecule has 4 heteroatoms. The molecule has 0 spiro atoms. The van der Waals surface area contributed by atoms with Crippen molar-refractivity contribution in [2.75, 3.05) is 26.2 Å². The van der Waals surface area contributed by atoms with Gasteiger partial charge in [0.2, 0.25) is 0 Å². The van der Waals surface area contributed by atoms with Gasteiger partial charge in [-0.1, -0.05) is 48.5 Å². The third kappa shape index (κ3) is 3.71. The molecule has 23 heavy (non-hydrogen) atoms. The summed E-state index contributed by atoms with van der Waals surface area (Å²) in [6.45, 7) is 2.24. The number of amides is 1. The van der Waals surface area contributed by atoms with Gasteiger partial charge in [0.25, 0.3) is 5.91 Å². The number of para-hydroxylation sites is 1. The van der Waals surface area contributed by atoms with Gasteiger partial charge in [0.05, 0.1) is 0 Å². The van der Waals surface area contributed by atoms with E-state index in [1.54, 1.807) is 0 Å². The summed E-state index contributed by atoms with van der Waals surface area (Å²) < 4.78 is 5.81. The average molecular weight is 310 g/mol. The molecule has 1 amide bonds. The largest absolute Gasteiger partial charge is 0.483 e. The standard InChI is InChI=1S/C19H22N2O2/c20-12-15-10-11-21(13-15)19(22)14-23-18-9-5-4-8-17(18)16-6-2-1-3-7-16/h1-9,15H,10-14,20H2. The monoisotopic (exact) mass is 310 g/mol. The molecule has 0 bridgehead atoms. The Kier molecular flexibility index (Phi) is 4.93. The molecule has 1 atom stereocenters. The maximum atomic E-state index is 12.3. The Balaban J connectivity index is 1.66. The zero-order chi connectivity index (χ0) is 16.1. The van der Waals surface area contributed by atoms with E-state index in [1.807, 2.05) is 59.5 Å². The summed E-state index contributed by atoms with van der Waals surface area (Å²) in [7, 11) is 0. The summed E-state index contributed by atoms with van der Waals surface area (Å²) in [6.07, 6.45) is 0.989. The molecule has 2 aromatic rings. The Hall–Kier alpha value is -2.33. The molecule has 0 radical (unpaired) electrons. The lowest BCUT2D eigenvalue weighted by Gasteiger charge is -2.17. The highest BCUT2D eigenvalue weighted by Crippen LogP contribution is 2.29. The van der Waals surface area contributed by atoms with Gasteiger partial charge < -0.3 is 15.4 Å². The number of carbonyl (C=O) groups is 1. The third-order valence-electron chi connectivity index (χ3n) is 4.29. The van der Waals surface area contributed by atoms with Crippen molar-refractivity contribution in [3.05, 3.63) is 54.6 Å². The number of carbonyl (C=O) groups excluding carboxylic acids is 1. The fraction of sp³-hybridized carbons (Fsp3) is 0.316. The first-order chi connectivity index (χ1) is 11.3. The molecule has 2 aromatic carbocycles. The van der Waals surface area contributed by atoms with E-state index in [2.05, 4.69) is 0 Å². The van der Waals surface area contributed by atoms with Crippen molar-refractivity contribution in [1.82, 2.24) is 4.90 Å². The summed E-state index contributed by atoms with van der Waals surface area (Å²) in [5.74, 6) is 1.20. The Bertz CT molecular complexity index is 657. The Morgan fingerprint density at radius 3 is 2.61 bits per heavy atom. The number of nitrogens with zero attached hydrogens (tertiary/aromatic N) is 1. The maximum absolute atomic E-state index is 12.3. The van der Waals surface area contributed by atoms with Crippen LogP contribution in [0.4, 0.5) is 0 Å². The Labute approximate surface area is 136 Å². The van der Waals surface area contributed by atoms with Crippen molar-refractivity contribution < 1.29 is 9.53 Å². The van der Waals surface area contributed by atoms with Crippen LogP contribution in [0.25, 0.3) is 11.1 Å². The molecule has 1 aliphatic heterocycles. The quantitative estimate of drug-likeness (QED) is 0.923. The fourth-order valence-electron chi connectivity index (χ4n) is 2.93. The highest BCUT2D eigenvalue weighted by atomic mass is 16.5. The van der Waals surface area contributed by atoms with E-state index in [4.69, 9.17) is 10.5 Å². The van der Waals surface area contributed by atoms with Gasteiger partial charge >= 0.3 is 0 Å². The first-order valence-electron chi connectivity index (χ1n) is 8.03. The van der Waals surface area contributed by atoms with E-state index in [-0.39, 0.29) is 12.5 Å². The van der Waals surface area contributed by atoms with E-state index in [1.165, 1.54) is 0 Å². The summed E-state index contributed by atoms with van der Waals surface area (Å²) >= 11 is 0. The predicted molar refractivity (Wildman–Crippen MR) is 91.1 cm³/mol. The smallest absolute Gasteiger partial charge is 0.260 e. The van der Waals surface area contributed by atoms with Crippen molar-refractivity contribution in [3.8, 4) is 16.9 Å². The van der Waals surface area contributed by atoms with Gasteiger partial charge in [0.1, 0.15) is 5.75 Å². The van der Waals surface area contributed by atoms with Crippen LogP contribution in [0.5, 0.6) is 5.75 Å². The molecular formula is C19H22N2O2.